The van der Waals surface area contributed by atoms with Crippen molar-refractivity contribution >= 4 is 39.2 Å². The molecule has 2 rings (SSSR count). The van der Waals surface area contributed by atoms with Crippen molar-refractivity contribution in [2.24, 2.45) is 0 Å². The van der Waals surface area contributed by atoms with Crippen LogP contribution in [0, 0.1) is 6.92 Å². The first kappa shape index (κ1) is 12.4. The van der Waals surface area contributed by atoms with Crippen molar-refractivity contribution in [1.29, 1.82) is 0 Å². The van der Waals surface area contributed by atoms with E-state index in [0.29, 0.717) is 0 Å². The number of anilines is 2. The van der Waals surface area contributed by atoms with Gasteiger partial charge in [-0.15, -0.1) is 11.8 Å². The van der Waals surface area contributed by atoms with Gasteiger partial charge in [-0.1, -0.05) is 0 Å². The number of benzene rings is 1. The molecule has 0 spiro atoms. The monoisotopic (exact) mass is 309 g/mol. The zero-order valence-electron chi connectivity index (χ0n) is 9.57. The molecule has 0 aliphatic heterocycles. The number of hydrogen-bond acceptors (Lipinski definition) is 4. The minimum atomic E-state index is 0.739. The van der Waals surface area contributed by atoms with Crippen molar-refractivity contribution in [2.75, 3.05) is 11.6 Å². The van der Waals surface area contributed by atoms with Crippen LogP contribution in [-0.4, -0.2) is 16.2 Å². The quantitative estimate of drug-likeness (QED) is 0.686. The largest absolute Gasteiger partial charge is 0.340 e. The summed E-state index contributed by atoms with van der Waals surface area (Å²) in [6.45, 7) is 1.87. The smallest absolute Gasteiger partial charge is 0.135 e. The van der Waals surface area contributed by atoms with Gasteiger partial charge in [0.15, 0.2) is 0 Å². The fourth-order valence-electron chi connectivity index (χ4n) is 1.42. The highest BCUT2D eigenvalue weighted by atomic mass is 79.9. The predicted molar refractivity (Wildman–Crippen MR) is 76.0 cm³/mol. The lowest BCUT2D eigenvalue weighted by Gasteiger charge is -2.07. The SMILES string of the molecule is CSc1ccc(Nc2cc(Br)nc(C)n2)cc1. The topological polar surface area (TPSA) is 37.8 Å². The van der Waals surface area contributed by atoms with Gasteiger partial charge in [0.1, 0.15) is 16.2 Å². The second kappa shape index (κ2) is 5.51. The Kier molecular flexibility index (Phi) is 4.02. The highest BCUT2D eigenvalue weighted by Gasteiger charge is 2.00. The van der Waals surface area contributed by atoms with Gasteiger partial charge in [0, 0.05) is 16.6 Å². The van der Waals surface area contributed by atoms with Gasteiger partial charge >= 0.3 is 0 Å². The average molecular weight is 310 g/mol. The molecule has 2 aromatic rings. The van der Waals surface area contributed by atoms with Crippen LogP contribution in [0.3, 0.4) is 0 Å². The van der Waals surface area contributed by atoms with Crippen LogP contribution in [0.15, 0.2) is 39.8 Å². The number of nitrogens with zero attached hydrogens (tertiary/aromatic N) is 2. The molecule has 1 aromatic heterocycles. The molecule has 0 unspecified atom stereocenters. The van der Waals surface area contributed by atoms with Crippen molar-refractivity contribution in [3.63, 3.8) is 0 Å². The van der Waals surface area contributed by atoms with E-state index in [-0.39, 0.29) is 0 Å². The molecule has 0 aliphatic rings. The summed E-state index contributed by atoms with van der Waals surface area (Å²) in [5.41, 5.74) is 1.02. The van der Waals surface area contributed by atoms with Crippen LogP contribution in [0.1, 0.15) is 5.82 Å². The molecule has 0 saturated heterocycles. The standard InChI is InChI=1S/C12H12BrN3S/c1-8-14-11(13)7-12(15-8)16-9-3-5-10(17-2)6-4-9/h3-7H,1-2H3,(H,14,15,16). The number of halogens is 1. The molecular weight excluding hydrogens is 298 g/mol. The van der Waals surface area contributed by atoms with E-state index in [1.165, 1.54) is 4.90 Å². The molecule has 0 saturated carbocycles. The van der Waals surface area contributed by atoms with Crippen LogP contribution < -0.4 is 5.32 Å². The van der Waals surface area contributed by atoms with E-state index in [2.05, 4.69) is 49.6 Å². The summed E-state index contributed by atoms with van der Waals surface area (Å²) in [5.74, 6) is 1.53. The number of aryl methyl sites for hydroxylation is 1. The van der Waals surface area contributed by atoms with Crippen molar-refractivity contribution in [3.05, 3.63) is 40.8 Å². The zero-order valence-corrected chi connectivity index (χ0v) is 12.0. The van der Waals surface area contributed by atoms with Gasteiger partial charge in [0.2, 0.25) is 0 Å². The van der Waals surface area contributed by atoms with Gasteiger partial charge in [-0.25, -0.2) is 9.97 Å². The first-order chi connectivity index (χ1) is 8.17. The summed E-state index contributed by atoms with van der Waals surface area (Å²) in [7, 11) is 0. The molecule has 17 heavy (non-hydrogen) atoms. The van der Waals surface area contributed by atoms with Gasteiger partial charge in [0.25, 0.3) is 0 Å². The third-order valence-corrected chi connectivity index (χ3v) is 3.32. The lowest BCUT2D eigenvalue weighted by molar-refractivity contribution is 1.04. The Balaban J connectivity index is 2.19. The highest BCUT2D eigenvalue weighted by Crippen LogP contribution is 2.21. The van der Waals surface area contributed by atoms with Crippen molar-refractivity contribution < 1.29 is 0 Å². The maximum atomic E-state index is 4.31. The van der Waals surface area contributed by atoms with Crippen molar-refractivity contribution in [1.82, 2.24) is 9.97 Å². The number of aromatic nitrogens is 2. The van der Waals surface area contributed by atoms with E-state index >= 15 is 0 Å². The van der Waals surface area contributed by atoms with E-state index in [4.69, 9.17) is 0 Å². The average Bonchev–Trinajstić information content (AvgIpc) is 2.28. The molecule has 88 valence electrons. The van der Waals surface area contributed by atoms with Crippen molar-refractivity contribution in [2.45, 2.75) is 11.8 Å². The van der Waals surface area contributed by atoms with Crippen LogP contribution in [-0.2, 0) is 0 Å². The first-order valence-electron chi connectivity index (χ1n) is 5.09. The summed E-state index contributed by atoms with van der Waals surface area (Å²) < 4.78 is 0.785. The molecule has 0 fully saturated rings. The van der Waals surface area contributed by atoms with E-state index < -0.39 is 0 Å². The minimum absolute atomic E-state index is 0.739. The maximum absolute atomic E-state index is 4.31. The Morgan fingerprint density at radius 3 is 2.47 bits per heavy atom. The third-order valence-electron chi connectivity index (χ3n) is 2.17. The van der Waals surface area contributed by atoms with Gasteiger partial charge in [-0.05, 0) is 53.4 Å². The number of hydrogen-bond donors (Lipinski definition) is 1. The first-order valence-corrected chi connectivity index (χ1v) is 7.11. The van der Waals surface area contributed by atoms with Crippen molar-refractivity contribution in [3.8, 4) is 0 Å². The summed E-state index contributed by atoms with van der Waals surface area (Å²) in [6, 6.07) is 10.1. The lowest BCUT2D eigenvalue weighted by Crippen LogP contribution is -1.97. The Labute approximate surface area is 113 Å². The molecule has 1 aromatic carbocycles. The van der Waals surface area contributed by atoms with Gasteiger partial charge in [-0.2, -0.15) is 0 Å². The highest BCUT2D eigenvalue weighted by molar-refractivity contribution is 9.10. The van der Waals surface area contributed by atoms with Gasteiger partial charge < -0.3 is 5.32 Å². The van der Waals surface area contributed by atoms with Crippen LogP contribution >= 0.6 is 27.7 Å². The molecule has 1 heterocycles. The molecule has 1 N–H and O–H groups in total. The number of rotatable bonds is 3. The third kappa shape index (κ3) is 3.44. The number of thioether (sulfide) groups is 1. The molecular formula is C12H12BrN3S. The van der Waals surface area contributed by atoms with E-state index in [1.54, 1.807) is 11.8 Å². The van der Waals surface area contributed by atoms with E-state index in [0.717, 1.165) is 21.9 Å². The molecule has 0 atom stereocenters. The summed E-state index contributed by atoms with van der Waals surface area (Å²) in [6.07, 6.45) is 2.06. The lowest BCUT2D eigenvalue weighted by atomic mass is 10.3. The molecule has 0 bridgehead atoms. The Morgan fingerprint density at radius 1 is 1.18 bits per heavy atom. The zero-order chi connectivity index (χ0) is 12.3. The fraction of sp³-hybridized carbons (Fsp3) is 0.167. The Bertz CT molecular complexity index is 493. The minimum Gasteiger partial charge on any atom is -0.340 e. The van der Waals surface area contributed by atoms with Crippen LogP contribution in [0.2, 0.25) is 0 Å². The maximum Gasteiger partial charge on any atom is 0.135 e. The summed E-state index contributed by atoms with van der Waals surface area (Å²) in [5, 5.41) is 3.25. The van der Waals surface area contributed by atoms with Gasteiger partial charge in [0.05, 0.1) is 0 Å². The second-order valence-corrected chi connectivity index (χ2v) is 5.17. The summed E-state index contributed by atoms with van der Waals surface area (Å²) in [4.78, 5) is 9.73. The van der Waals surface area contributed by atoms with Crippen LogP contribution in [0.4, 0.5) is 11.5 Å². The van der Waals surface area contributed by atoms with Gasteiger partial charge in [-0.3, -0.25) is 0 Å². The molecule has 3 nitrogen and oxygen atoms in total. The molecule has 5 heteroatoms. The molecule has 0 radical (unpaired) electrons. The Hall–Kier alpha value is -1.07. The summed E-state index contributed by atoms with van der Waals surface area (Å²) >= 11 is 5.08. The Morgan fingerprint density at radius 2 is 1.88 bits per heavy atom. The number of nitrogens with one attached hydrogen (secondary N) is 1. The second-order valence-electron chi connectivity index (χ2n) is 3.48. The molecule has 0 amide bonds. The van der Waals surface area contributed by atoms with E-state index in [1.807, 2.05) is 25.1 Å². The fourth-order valence-corrected chi connectivity index (χ4v) is 2.30. The van der Waals surface area contributed by atoms with Crippen LogP contribution in [0.5, 0.6) is 0 Å². The van der Waals surface area contributed by atoms with Crippen LogP contribution in [0.25, 0.3) is 0 Å². The molecule has 0 aliphatic carbocycles. The normalized spacial score (nSPS) is 10.3. The predicted octanol–water partition coefficient (Wildman–Crippen LogP) is 4.01. The van der Waals surface area contributed by atoms with E-state index in [9.17, 15) is 0 Å².